The van der Waals surface area contributed by atoms with Crippen LogP contribution in [-0.2, 0) is 6.42 Å². The summed E-state index contributed by atoms with van der Waals surface area (Å²) in [5.74, 6) is 10.3. The van der Waals surface area contributed by atoms with Crippen LogP contribution in [0, 0.1) is 5.92 Å². The molecule has 0 aliphatic carbocycles. The Balaban J connectivity index is 1.76. The van der Waals surface area contributed by atoms with Crippen molar-refractivity contribution in [1.29, 1.82) is 0 Å². The molecule has 0 spiro atoms. The molecule has 1 fully saturated rings. The van der Waals surface area contributed by atoms with Crippen LogP contribution >= 0.6 is 11.8 Å². The second-order valence-corrected chi connectivity index (χ2v) is 6.67. The molecular formula is C15H22N2OS. The number of nitrogens with two attached hydrogens (primary N) is 1. The zero-order valence-electron chi connectivity index (χ0n) is 11.2. The van der Waals surface area contributed by atoms with Gasteiger partial charge < -0.3 is 4.74 Å². The standard InChI is InChI=1S/C15H22N2OS/c16-17-14(10-11-5-8-19-9-6-11)13-3-1-2-12-4-7-18-15(12)13/h1-3,11,14,17H,4-10,16H2. The van der Waals surface area contributed by atoms with Crippen molar-refractivity contribution >= 4 is 11.8 Å². The van der Waals surface area contributed by atoms with Gasteiger partial charge in [0.25, 0.3) is 0 Å². The lowest BCUT2D eigenvalue weighted by Crippen LogP contribution is -2.30. The lowest BCUT2D eigenvalue weighted by molar-refractivity contribution is 0.334. The fraction of sp³-hybridized carbons (Fsp3) is 0.600. The van der Waals surface area contributed by atoms with E-state index in [4.69, 9.17) is 10.6 Å². The van der Waals surface area contributed by atoms with Gasteiger partial charge in [-0.2, -0.15) is 11.8 Å². The highest BCUT2D eigenvalue weighted by Gasteiger charge is 2.24. The number of para-hydroxylation sites is 1. The molecule has 1 aromatic rings. The van der Waals surface area contributed by atoms with Crippen LogP contribution in [0.1, 0.15) is 36.4 Å². The molecule has 3 N–H and O–H groups in total. The van der Waals surface area contributed by atoms with Crippen LogP contribution in [0.4, 0.5) is 0 Å². The molecule has 3 nitrogen and oxygen atoms in total. The van der Waals surface area contributed by atoms with E-state index in [1.165, 1.54) is 35.5 Å². The second-order valence-electron chi connectivity index (χ2n) is 5.44. The van der Waals surface area contributed by atoms with E-state index in [1.54, 1.807) is 0 Å². The van der Waals surface area contributed by atoms with Crippen LogP contribution < -0.4 is 16.0 Å². The predicted octanol–water partition coefficient (Wildman–Crippen LogP) is 2.66. The van der Waals surface area contributed by atoms with Gasteiger partial charge in [0.2, 0.25) is 0 Å². The highest BCUT2D eigenvalue weighted by Crippen LogP contribution is 2.37. The lowest BCUT2D eigenvalue weighted by atomic mass is 9.90. The molecule has 19 heavy (non-hydrogen) atoms. The number of thioether (sulfide) groups is 1. The highest BCUT2D eigenvalue weighted by molar-refractivity contribution is 7.99. The maximum atomic E-state index is 5.81. The first-order chi connectivity index (χ1) is 9.38. The molecular weight excluding hydrogens is 256 g/mol. The molecule has 2 aliphatic heterocycles. The number of benzene rings is 1. The van der Waals surface area contributed by atoms with Crippen LogP contribution in [0.25, 0.3) is 0 Å². The first kappa shape index (κ1) is 13.3. The summed E-state index contributed by atoms with van der Waals surface area (Å²) < 4.78 is 5.80. The molecule has 2 heterocycles. The van der Waals surface area contributed by atoms with Gasteiger partial charge in [0.15, 0.2) is 0 Å². The Kier molecular flexibility index (Phi) is 4.31. The Labute approximate surface area is 119 Å². The van der Waals surface area contributed by atoms with Crippen LogP contribution in [0.15, 0.2) is 18.2 Å². The van der Waals surface area contributed by atoms with E-state index in [1.807, 2.05) is 0 Å². The van der Waals surface area contributed by atoms with Crippen molar-refractivity contribution < 1.29 is 4.74 Å². The summed E-state index contributed by atoms with van der Waals surface area (Å²) >= 11 is 2.07. The quantitative estimate of drug-likeness (QED) is 0.656. The summed E-state index contributed by atoms with van der Waals surface area (Å²) in [5, 5.41) is 0. The summed E-state index contributed by atoms with van der Waals surface area (Å²) in [6.07, 6.45) is 4.79. The SMILES string of the molecule is NNC(CC1CCSCC1)c1cccc2c1OCC2. The van der Waals surface area contributed by atoms with Gasteiger partial charge >= 0.3 is 0 Å². The van der Waals surface area contributed by atoms with E-state index in [2.05, 4.69) is 35.4 Å². The number of hydrogen-bond acceptors (Lipinski definition) is 4. The first-order valence-electron chi connectivity index (χ1n) is 7.17. The largest absolute Gasteiger partial charge is 0.493 e. The van der Waals surface area contributed by atoms with E-state index < -0.39 is 0 Å². The molecule has 0 bridgehead atoms. The average Bonchev–Trinajstić information content (AvgIpc) is 2.94. The molecule has 1 aromatic carbocycles. The van der Waals surface area contributed by atoms with Gasteiger partial charge in [0.05, 0.1) is 6.61 Å². The van der Waals surface area contributed by atoms with Crippen LogP contribution in [-0.4, -0.2) is 18.1 Å². The molecule has 0 saturated carbocycles. The van der Waals surface area contributed by atoms with Gasteiger partial charge in [0.1, 0.15) is 5.75 Å². The van der Waals surface area contributed by atoms with E-state index >= 15 is 0 Å². The molecule has 0 amide bonds. The number of nitrogens with one attached hydrogen (secondary N) is 1. The number of fused-ring (bicyclic) bond motifs is 1. The maximum absolute atomic E-state index is 5.81. The second kappa shape index (κ2) is 6.16. The zero-order chi connectivity index (χ0) is 13.1. The van der Waals surface area contributed by atoms with Crippen LogP contribution in [0.5, 0.6) is 5.75 Å². The molecule has 0 aromatic heterocycles. The molecule has 3 rings (SSSR count). The summed E-state index contributed by atoms with van der Waals surface area (Å²) in [4.78, 5) is 0. The third-order valence-electron chi connectivity index (χ3n) is 4.23. The number of hydrogen-bond donors (Lipinski definition) is 2. The Hall–Kier alpha value is -0.710. The number of rotatable bonds is 4. The average molecular weight is 278 g/mol. The molecule has 4 heteroatoms. The van der Waals surface area contributed by atoms with Crippen molar-refractivity contribution in [2.45, 2.75) is 31.7 Å². The summed E-state index contributed by atoms with van der Waals surface area (Å²) in [6.45, 7) is 0.809. The smallest absolute Gasteiger partial charge is 0.127 e. The van der Waals surface area contributed by atoms with Crippen molar-refractivity contribution in [2.75, 3.05) is 18.1 Å². The van der Waals surface area contributed by atoms with Crippen molar-refractivity contribution in [3.63, 3.8) is 0 Å². The van der Waals surface area contributed by atoms with Gasteiger partial charge in [-0.3, -0.25) is 11.3 Å². The lowest BCUT2D eigenvalue weighted by Gasteiger charge is -2.27. The Morgan fingerprint density at radius 2 is 2.21 bits per heavy atom. The topological polar surface area (TPSA) is 47.3 Å². The Bertz CT molecular complexity index is 432. The van der Waals surface area contributed by atoms with E-state index in [0.29, 0.717) is 0 Å². The molecule has 1 unspecified atom stereocenters. The van der Waals surface area contributed by atoms with Gasteiger partial charge in [-0.05, 0) is 42.2 Å². The molecule has 2 aliphatic rings. The van der Waals surface area contributed by atoms with Crippen molar-refractivity contribution in [3.8, 4) is 5.75 Å². The van der Waals surface area contributed by atoms with Crippen molar-refractivity contribution in [2.24, 2.45) is 11.8 Å². The maximum Gasteiger partial charge on any atom is 0.127 e. The van der Waals surface area contributed by atoms with E-state index in [9.17, 15) is 0 Å². The molecule has 1 atom stereocenters. The molecule has 0 radical (unpaired) electrons. The highest BCUT2D eigenvalue weighted by atomic mass is 32.2. The minimum Gasteiger partial charge on any atom is -0.493 e. The summed E-state index contributed by atoms with van der Waals surface area (Å²) in [7, 11) is 0. The summed E-state index contributed by atoms with van der Waals surface area (Å²) in [5.41, 5.74) is 5.59. The minimum absolute atomic E-state index is 0.223. The zero-order valence-corrected chi connectivity index (χ0v) is 12.0. The third-order valence-corrected chi connectivity index (χ3v) is 5.28. The Morgan fingerprint density at radius 3 is 3.00 bits per heavy atom. The van der Waals surface area contributed by atoms with E-state index in [0.717, 1.165) is 31.1 Å². The minimum atomic E-state index is 0.223. The van der Waals surface area contributed by atoms with Crippen molar-refractivity contribution in [3.05, 3.63) is 29.3 Å². The van der Waals surface area contributed by atoms with Gasteiger partial charge in [-0.1, -0.05) is 18.2 Å². The summed E-state index contributed by atoms with van der Waals surface area (Å²) in [6, 6.07) is 6.67. The van der Waals surface area contributed by atoms with Gasteiger partial charge in [-0.25, -0.2) is 0 Å². The fourth-order valence-corrected chi connectivity index (χ4v) is 4.32. The predicted molar refractivity (Wildman–Crippen MR) is 80.4 cm³/mol. The first-order valence-corrected chi connectivity index (χ1v) is 8.32. The third kappa shape index (κ3) is 2.91. The number of hydrazine groups is 1. The van der Waals surface area contributed by atoms with Crippen LogP contribution in [0.2, 0.25) is 0 Å². The monoisotopic (exact) mass is 278 g/mol. The molecule has 104 valence electrons. The normalized spacial score (nSPS) is 20.9. The molecule has 1 saturated heterocycles. The fourth-order valence-electron chi connectivity index (χ4n) is 3.12. The Morgan fingerprint density at radius 1 is 1.37 bits per heavy atom. The van der Waals surface area contributed by atoms with Gasteiger partial charge in [-0.15, -0.1) is 0 Å². The van der Waals surface area contributed by atoms with E-state index in [-0.39, 0.29) is 6.04 Å². The van der Waals surface area contributed by atoms with Crippen molar-refractivity contribution in [1.82, 2.24) is 5.43 Å². The number of ether oxygens (including phenoxy) is 1. The van der Waals surface area contributed by atoms with Gasteiger partial charge in [0, 0.05) is 18.0 Å². The van der Waals surface area contributed by atoms with Crippen LogP contribution in [0.3, 0.4) is 0 Å².